The minimum atomic E-state index is -0.0748. The predicted octanol–water partition coefficient (Wildman–Crippen LogP) is 0.588. The molecule has 1 heterocycles. The summed E-state index contributed by atoms with van der Waals surface area (Å²) in [7, 11) is 0. The molecule has 2 aliphatic rings. The molecule has 5 heteroatoms. The van der Waals surface area contributed by atoms with Gasteiger partial charge in [-0.3, -0.25) is 9.59 Å². The lowest BCUT2D eigenvalue weighted by atomic mass is 9.98. The van der Waals surface area contributed by atoms with E-state index in [1.165, 1.54) is 12.8 Å². The fourth-order valence-electron chi connectivity index (χ4n) is 2.56. The number of amides is 2. The largest absolute Gasteiger partial charge is 0.376 e. The molecule has 0 aromatic heterocycles. The van der Waals surface area contributed by atoms with Gasteiger partial charge in [0.15, 0.2) is 0 Å². The molecule has 0 radical (unpaired) electrons. The molecule has 0 bridgehead atoms. The molecule has 0 aromatic carbocycles. The van der Waals surface area contributed by atoms with E-state index in [-0.39, 0.29) is 17.7 Å². The maximum atomic E-state index is 11.8. The Morgan fingerprint density at radius 3 is 2.78 bits per heavy atom. The molecule has 2 amide bonds. The highest BCUT2D eigenvalue weighted by Gasteiger charge is 2.24. The van der Waals surface area contributed by atoms with Crippen molar-refractivity contribution >= 4 is 11.8 Å². The molecule has 1 saturated heterocycles. The number of carbonyl (C=O) groups is 2. The van der Waals surface area contributed by atoms with Crippen LogP contribution in [0.3, 0.4) is 0 Å². The highest BCUT2D eigenvalue weighted by Crippen LogP contribution is 2.20. The van der Waals surface area contributed by atoms with Gasteiger partial charge in [-0.15, -0.1) is 0 Å². The van der Waals surface area contributed by atoms with Crippen LogP contribution in [0.1, 0.15) is 38.5 Å². The van der Waals surface area contributed by atoms with E-state index in [4.69, 9.17) is 4.74 Å². The van der Waals surface area contributed by atoms with Crippen molar-refractivity contribution in [3.8, 4) is 0 Å². The Balaban J connectivity index is 1.55. The summed E-state index contributed by atoms with van der Waals surface area (Å²) in [6, 6.07) is 0. The van der Waals surface area contributed by atoms with Crippen LogP contribution in [-0.4, -0.2) is 37.6 Å². The van der Waals surface area contributed by atoms with Crippen molar-refractivity contribution in [1.82, 2.24) is 10.6 Å². The summed E-state index contributed by atoms with van der Waals surface area (Å²) in [4.78, 5) is 22.8. The zero-order chi connectivity index (χ0) is 12.8. The molecule has 1 atom stereocenters. The second kappa shape index (κ2) is 6.73. The molecule has 1 saturated carbocycles. The summed E-state index contributed by atoms with van der Waals surface area (Å²) in [5.41, 5.74) is 0. The lowest BCUT2D eigenvalue weighted by molar-refractivity contribution is -0.129. The van der Waals surface area contributed by atoms with Crippen molar-refractivity contribution in [3.63, 3.8) is 0 Å². The quantitative estimate of drug-likeness (QED) is 0.706. The number of hydrogen-bond donors (Lipinski definition) is 2. The van der Waals surface area contributed by atoms with Crippen LogP contribution in [-0.2, 0) is 14.3 Å². The smallest absolute Gasteiger partial charge is 0.224 e. The Bertz CT molecular complexity index is 291. The lowest BCUT2D eigenvalue weighted by Gasteiger charge is -2.21. The molecular formula is C13H22N2O3. The fourth-order valence-corrected chi connectivity index (χ4v) is 2.56. The van der Waals surface area contributed by atoms with Gasteiger partial charge in [-0.25, -0.2) is 0 Å². The summed E-state index contributed by atoms with van der Waals surface area (Å²) in [6.45, 7) is 1.63. The summed E-state index contributed by atoms with van der Waals surface area (Å²) in [6.07, 6.45) is 6.34. The first-order valence-corrected chi connectivity index (χ1v) is 6.91. The molecule has 18 heavy (non-hydrogen) atoms. The second-order valence-corrected chi connectivity index (χ2v) is 5.11. The van der Waals surface area contributed by atoms with Gasteiger partial charge in [0.25, 0.3) is 0 Å². The Labute approximate surface area is 108 Å². The molecular weight excluding hydrogens is 232 g/mol. The van der Waals surface area contributed by atoms with Crippen LogP contribution in [0.5, 0.6) is 0 Å². The molecule has 1 unspecified atom stereocenters. The number of rotatable bonds is 5. The summed E-state index contributed by atoms with van der Waals surface area (Å²) >= 11 is 0. The highest BCUT2D eigenvalue weighted by atomic mass is 16.5. The van der Waals surface area contributed by atoms with Gasteiger partial charge in [0.1, 0.15) is 0 Å². The maximum absolute atomic E-state index is 11.8. The van der Waals surface area contributed by atoms with E-state index in [9.17, 15) is 9.59 Å². The number of piperidine rings is 1. The van der Waals surface area contributed by atoms with Gasteiger partial charge in [0.2, 0.25) is 11.8 Å². The van der Waals surface area contributed by atoms with Gasteiger partial charge in [0.05, 0.1) is 18.6 Å². The molecule has 2 rings (SSSR count). The van der Waals surface area contributed by atoms with Crippen molar-refractivity contribution in [2.45, 2.75) is 44.6 Å². The topological polar surface area (TPSA) is 67.4 Å². The Kier molecular flexibility index (Phi) is 4.99. The van der Waals surface area contributed by atoms with Gasteiger partial charge >= 0.3 is 0 Å². The standard InChI is InChI=1S/C13H22N2O3/c16-12-6-5-10(9-15-12)13(17)14-7-8-18-11-3-1-2-4-11/h10-11H,1-9H2,(H,14,17)(H,15,16). The Morgan fingerprint density at radius 1 is 1.33 bits per heavy atom. The number of nitrogens with one attached hydrogen (secondary N) is 2. The first kappa shape index (κ1) is 13.3. The summed E-state index contributed by atoms with van der Waals surface area (Å²) in [5, 5.41) is 5.59. The third kappa shape index (κ3) is 3.98. The number of hydrogen-bond acceptors (Lipinski definition) is 3. The van der Waals surface area contributed by atoms with E-state index in [0.29, 0.717) is 38.6 Å². The third-order valence-electron chi connectivity index (χ3n) is 3.69. The normalized spacial score (nSPS) is 24.9. The minimum absolute atomic E-state index is 0.0324. The zero-order valence-corrected chi connectivity index (χ0v) is 10.7. The molecule has 2 N–H and O–H groups in total. The van der Waals surface area contributed by atoms with Gasteiger partial charge in [-0.05, 0) is 19.3 Å². The molecule has 0 aromatic rings. The van der Waals surface area contributed by atoms with Crippen molar-refractivity contribution in [2.75, 3.05) is 19.7 Å². The first-order chi connectivity index (χ1) is 8.75. The molecule has 1 aliphatic carbocycles. The fraction of sp³-hybridized carbons (Fsp3) is 0.846. The van der Waals surface area contributed by atoms with E-state index in [1.807, 2.05) is 0 Å². The van der Waals surface area contributed by atoms with Crippen LogP contribution in [0, 0.1) is 5.92 Å². The van der Waals surface area contributed by atoms with Crippen LogP contribution in [0.15, 0.2) is 0 Å². The third-order valence-corrected chi connectivity index (χ3v) is 3.69. The lowest BCUT2D eigenvalue weighted by Crippen LogP contribution is -2.43. The average Bonchev–Trinajstić information content (AvgIpc) is 2.88. The predicted molar refractivity (Wildman–Crippen MR) is 67.0 cm³/mol. The van der Waals surface area contributed by atoms with Crippen molar-refractivity contribution in [1.29, 1.82) is 0 Å². The Morgan fingerprint density at radius 2 is 2.11 bits per heavy atom. The molecule has 5 nitrogen and oxygen atoms in total. The molecule has 2 fully saturated rings. The second-order valence-electron chi connectivity index (χ2n) is 5.11. The van der Waals surface area contributed by atoms with Gasteiger partial charge in [-0.1, -0.05) is 12.8 Å². The van der Waals surface area contributed by atoms with Crippen molar-refractivity contribution in [3.05, 3.63) is 0 Å². The number of carbonyl (C=O) groups excluding carboxylic acids is 2. The van der Waals surface area contributed by atoms with E-state index in [0.717, 1.165) is 12.8 Å². The minimum Gasteiger partial charge on any atom is -0.376 e. The van der Waals surface area contributed by atoms with E-state index in [1.54, 1.807) is 0 Å². The van der Waals surface area contributed by atoms with Crippen molar-refractivity contribution < 1.29 is 14.3 Å². The summed E-state index contributed by atoms with van der Waals surface area (Å²) < 4.78 is 5.67. The Hall–Kier alpha value is -1.10. The molecule has 102 valence electrons. The van der Waals surface area contributed by atoms with E-state index >= 15 is 0 Å². The molecule has 0 spiro atoms. The van der Waals surface area contributed by atoms with Crippen LogP contribution in [0.4, 0.5) is 0 Å². The van der Waals surface area contributed by atoms with Crippen LogP contribution >= 0.6 is 0 Å². The van der Waals surface area contributed by atoms with Crippen LogP contribution < -0.4 is 10.6 Å². The van der Waals surface area contributed by atoms with Crippen molar-refractivity contribution in [2.24, 2.45) is 5.92 Å². The number of ether oxygens (including phenoxy) is 1. The van der Waals surface area contributed by atoms with Crippen LogP contribution in [0.2, 0.25) is 0 Å². The monoisotopic (exact) mass is 254 g/mol. The summed E-state index contributed by atoms with van der Waals surface area (Å²) in [5.74, 6) is 0.00261. The maximum Gasteiger partial charge on any atom is 0.224 e. The van der Waals surface area contributed by atoms with E-state index in [2.05, 4.69) is 10.6 Å². The zero-order valence-electron chi connectivity index (χ0n) is 10.7. The van der Waals surface area contributed by atoms with E-state index < -0.39 is 0 Å². The first-order valence-electron chi connectivity index (χ1n) is 6.91. The molecule has 1 aliphatic heterocycles. The SMILES string of the molecule is O=C1CCC(C(=O)NCCOC2CCCC2)CN1. The van der Waals surface area contributed by atoms with Gasteiger partial charge in [-0.2, -0.15) is 0 Å². The highest BCUT2D eigenvalue weighted by molar-refractivity contribution is 5.83. The van der Waals surface area contributed by atoms with Gasteiger partial charge in [0, 0.05) is 19.5 Å². The van der Waals surface area contributed by atoms with Gasteiger partial charge < -0.3 is 15.4 Å². The average molecular weight is 254 g/mol. The van der Waals surface area contributed by atoms with Crippen LogP contribution in [0.25, 0.3) is 0 Å².